The molecule has 1 aliphatic rings. The Hall–Kier alpha value is -3.14. The van der Waals surface area contributed by atoms with Crippen molar-refractivity contribution in [3.05, 3.63) is 77.2 Å². The minimum atomic E-state index is -0.551. The Morgan fingerprint density at radius 3 is 2.77 bits per heavy atom. The Kier molecular flexibility index (Phi) is 10.4. The zero-order valence-corrected chi connectivity index (χ0v) is 23.6. The summed E-state index contributed by atoms with van der Waals surface area (Å²) in [6.45, 7) is 6.92. The van der Waals surface area contributed by atoms with E-state index in [0.29, 0.717) is 55.1 Å². The molecule has 0 radical (unpaired) electrons. The summed E-state index contributed by atoms with van der Waals surface area (Å²) >= 11 is 0. The number of halogens is 2. The fraction of sp³-hybridized carbons (Fsp3) is 0.484. The Morgan fingerprint density at radius 2 is 2.02 bits per heavy atom. The van der Waals surface area contributed by atoms with Crippen LogP contribution in [0.2, 0.25) is 0 Å². The van der Waals surface area contributed by atoms with E-state index in [1.165, 1.54) is 6.07 Å². The number of hydrogen-bond donors (Lipinski definition) is 4. The van der Waals surface area contributed by atoms with E-state index in [0.717, 1.165) is 30.2 Å². The molecular weight excluding hydrogens is 512 g/mol. The number of imidazole rings is 1. The molecule has 4 rings (SSSR count). The van der Waals surface area contributed by atoms with Crippen molar-refractivity contribution in [3.63, 3.8) is 0 Å². The third-order valence-corrected chi connectivity index (χ3v) is 7.98. The highest BCUT2D eigenvalue weighted by Crippen LogP contribution is 2.26. The Morgan fingerprint density at radius 1 is 1.23 bits per heavy atom. The van der Waals surface area contributed by atoms with Crippen LogP contribution in [0.1, 0.15) is 63.1 Å². The van der Waals surface area contributed by atoms with Gasteiger partial charge in [0.05, 0.1) is 24.5 Å². The SMILES string of the molecule is CCC[C@@H](N[C@H]1CCc2cc(F)cc(F)c2C1)C(=O)Nc1cn(-c2ccccc2CN[C@H](CO)[C@@H](C)CC)cn1. The first-order valence-corrected chi connectivity index (χ1v) is 14.3. The Labute approximate surface area is 235 Å². The molecular formula is C31H41F2N5O2. The number of para-hydroxylation sites is 1. The highest BCUT2D eigenvalue weighted by molar-refractivity contribution is 5.94. The van der Waals surface area contributed by atoms with E-state index >= 15 is 0 Å². The fourth-order valence-corrected chi connectivity index (χ4v) is 5.41. The summed E-state index contributed by atoms with van der Waals surface area (Å²) in [6.07, 6.45) is 7.56. The van der Waals surface area contributed by atoms with Crippen molar-refractivity contribution in [1.82, 2.24) is 20.2 Å². The molecule has 1 amide bonds. The average Bonchev–Trinajstić information content (AvgIpc) is 3.41. The van der Waals surface area contributed by atoms with Gasteiger partial charge in [0, 0.05) is 24.7 Å². The molecule has 1 heterocycles. The summed E-state index contributed by atoms with van der Waals surface area (Å²) in [4.78, 5) is 17.7. The van der Waals surface area contributed by atoms with Crippen LogP contribution in [0.3, 0.4) is 0 Å². The lowest BCUT2D eigenvalue weighted by atomic mass is 9.87. The summed E-state index contributed by atoms with van der Waals surface area (Å²) in [5, 5.41) is 19.6. The molecule has 9 heteroatoms. The van der Waals surface area contributed by atoms with E-state index in [-0.39, 0.29) is 24.6 Å². The number of hydrogen-bond acceptors (Lipinski definition) is 5. The number of carbonyl (C=O) groups excluding carboxylic acids is 1. The van der Waals surface area contributed by atoms with Gasteiger partial charge in [0.25, 0.3) is 0 Å². The van der Waals surface area contributed by atoms with Crippen molar-refractivity contribution >= 4 is 11.7 Å². The molecule has 0 saturated carbocycles. The van der Waals surface area contributed by atoms with Crippen molar-refractivity contribution in [2.75, 3.05) is 11.9 Å². The number of aryl methyl sites for hydroxylation is 1. The van der Waals surface area contributed by atoms with Crippen LogP contribution in [-0.2, 0) is 24.2 Å². The van der Waals surface area contributed by atoms with Crippen LogP contribution in [0.5, 0.6) is 0 Å². The molecule has 4 N–H and O–H groups in total. The van der Waals surface area contributed by atoms with E-state index < -0.39 is 17.7 Å². The number of aliphatic hydroxyl groups excluding tert-OH is 1. The van der Waals surface area contributed by atoms with E-state index in [4.69, 9.17) is 0 Å². The second kappa shape index (κ2) is 14.0. The number of rotatable bonds is 13. The summed E-state index contributed by atoms with van der Waals surface area (Å²) in [7, 11) is 0. The predicted molar refractivity (Wildman–Crippen MR) is 153 cm³/mol. The molecule has 0 spiro atoms. The van der Waals surface area contributed by atoms with Crippen molar-refractivity contribution in [3.8, 4) is 5.69 Å². The topological polar surface area (TPSA) is 91.2 Å². The quantitative estimate of drug-likeness (QED) is 0.242. The van der Waals surface area contributed by atoms with Crippen LogP contribution in [0.25, 0.3) is 5.69 Å². The number of benzene rings is 2. The van der Waals surface area contributed by atoms with E-state index in [2.05, 4.69) is 34.8 Å². The van der Waals surface area contributed by atoms with Gasteiger partial charge in [-0.3, -0.25) is 4.79 Å². The number of nitrogens with zero attached hydrogens (tertiary/aromatic N) is 2. The number of anilines is 1. The normalized spacial score (nSPS) is 17.2. The maximum absolute atomic E-state index is 14.4. The van der Waals surface area contributed by atoms with Crippen LogP contribution in [0.15, 0.2) is 48.9 Å². The Bertz CT molecular complexity index is 1280. The molecule has 1 aromatic heterocycles. The summed E-state index contributed by atoms with van der Waals surface area (Å²) in [6, 6.07) is 9.77. The highest BCUT2D eigenvalue weighted by atomic mass is 19.1. The summed E-state index contributed by atoms with van der Waals surface area (Å²) < 4.78 is 29.9. The molecule has 0 fully saturated rings. The standard InChI is InChI=1S/C31H41F2N5O2/c1-4-8-27(36-24-12-11-21-13-23(32)14-26(33)25(21)15-24)31(40)37-30-17-38(19-35-30)29-10-7-6-9-22(29)16-34-28(18-39)20(3)5-2/h6-7,9-10,13-14,17,19-20,24,27-28,34,36,39H,4-5,8,11-12,15-16,18H2,1-3H3,(H,37,40)/t20-,24-,27+,28+/m0/s1. The smallest absolute Gasteiger partial charge is 0.242 e. The van der Waals surface area contributed by atoms with Crippen molar-refractivity contribution < 1.29 is 18.7 Å². The fourth-order valence-electron chi connectivity index (χ4n) is 5.41. The van der Waals surface area contributed by atoms with Crippen molar-refractivity contribution in [2.24, 2.45) is 5.92 Å². The number of carbonyl (C=O) groups is 1. The second-order valence-corrected chi connectivity index (χ2v) is 10.8. The Balaban J connectivity index is 1.41. The molecule has 216 valence electrons. The molecule has 7 nitrogen and oxygen atoms in total. The first-order valence-electron chi connectivity index (χ1n) is 14.3. The van der Waals surface area contributed by atoms with Crippen molar-refractivity contribution in [2.45, 2.75) is 84.0 Å². The zero-order chi connectivity index (χ0) is 28.6. The molecule has 4 atom stereocenters. The summed E-state index contributed by atoms with van der Waals surface area (Å²) in [5.74, 6) is -0.469. The number of aliphatic hydroxyl groups is 1. The van der Waals surface area contributed by atoms with Gasteiger partial charge in [-0.15, -0.1) is 0 Å². The molecule has 3 aromatic rings. The van der Waals surface area contributed by atoms with Gasteiger partial charge in [0.2, 0.25) is 5.91 Å². The van der Waals surface area contributed by atoms with Crippen LogP contribution in [-0.4, -0.2) is 45.3 Å². The van der Waals surface area contributed by atoms with Gasteiger partial charge in [-0.2, -0.15) is 0 Å². The lowest BCUT2D eigenvalue weighted by Gasteiger charge is -2.29. The van der Waals surface area contributed by atoms with Crippen LogP contribution < -0.4 is 16.0 Å². The van der Waals surface area contributed by atoms with E-state index in [9.17, 15) is 18.7 Å². The largest absolute Gasteiger partial charge is 0.395 e. The van der Waals surface area contributed by atoms with Crippen LogP contribution >= 0.6 is 0 Å². The van der Waals surface area contributed by atoms with Gasteiger partial charge >= 0.3 is 0 Å². The minimum absolute atomic E-state index is 0.00833. The minimum Gasteiger partial charge on any atom is -0.395 e. The van der Waals surface area contributed by atoms with Gasteiger partial charge in [0.1, 0.15) is 18.0 Å². The maximum Gasteiger partial charge on any atom is 0.242 e. The van der Waals surface area contributed by atoms with Gasteiger partial charge in [-0.05, 0) is 60.4 Å². The first-order chi connectivity index (χ1) is 19.3. The third-order valence-electron chi connectivity index (χ3n) is 7.98. The number of aromatic nitrogens is 2. The molecule has 1 aliphatic carbocycles. The average molecular weight is 554 g/mol. The van der Waals surface area contributed by atoms with Gasteiger partial charge < -0.3 is 25.6 Å². The molecule has 0 bridgehead atoms. The molecule has 0 aliphatic heterocycles. The molecule has 40 heavy (non-hydrogen) atoms. The second-order valence-electron chi connectivity index (χ2n) is 10.8. The van der Waals surface area contributed by atoms with Gasteiger partial charge in [0.15, 0.2) is 5.82 Å². The number of nitrogens with one attached hydrogen (secondary N) is 3. The van der Waals surface area contributed by atoms with E-state index in [1.54, 1.807) is 12.5 Å². The molecule has 0 unspecified atom stereocenters. The van der Waals surface area contributed by atoms with E-state index in [1.807, 2.05) is 35.8 Å². The lowest BCUT2D eigenvalue weighted by Crippen LogP contribution is -2.48. The zero-order valence-electron chi connectivity index (χ0n) is 23.6. The van der Waals surface area contributed by atoms with Crippen molar-refractivity contribution in [1.29, 1.82) is 0 Å². The monoisotopic (exact) mass is 553 g/mol. The third kappa shape index (κ3) is 7.33. The molecule has 0 saturated heterocycles. The number of amides is 1. The highest BCUT2D eigenvalue weighted by Gasteiger charge is 2.27. The summed E-state index contributed by atoms with van der Waals surface area (Å²) in [5.41, 5.74) is 3.23. The molecule has 2 aromatic carbocycles. The lowest BCUT2D eigenvalue weighted by molar-refractivity contribution is -0.118. The number of fused-ring (bicyclic) bond motifs is 1. The van der Waals surface area contributed by atoms with Crippen LogP contribution in [0.4, 0.5) is 14.6 Å². The maximum atomic E-state index is 14.4. The van der Waals surface area contributed by atoms with Gasteiger partial charge in [-0.1, -0.05) is 51.8 Å². The predicted octanol–water partition coefficient (Wildman–Crippen LogP) is 4.90. The van der Waals surface area contributed by atoms with Crippen LogP contribution in [0, 0.1) is 17.6 Å². The van der Waals surface area contributed by atoms with Gasteiger partial charge in [-0.25, -0.2) is 13.8 Å². The first kappa shape index (κ1) is 29.8.